The number of fused-ring (bicyclic) bond motifs is 2. The van der Waals surface area contributed by atoms with Crippen LogP contribution in [0.3, 0.4) is 0 Å². The Hall–Kier alpha value is -3.12. The zero-order chi connectivity index (χ0) is 21.5. The summed E-state index contributed by atoms with van der Waals surface area (Å²) in [7, 11) is 0. The summed E-state index contributed by atoms with van der Waals surface area (Å²) in [5, 5.41) is 2.84. The molecule has 4 atom stereocenters. The van der Waals surface area contributed by atoms with E-state index in [-0.39, 0.29) is 41.1 Å². The Morgan fingerprint density at radius 3 is 2.55 bits per heavy atom. The smallest absolute Gasteiger partial charge is 0.230 e. The van der Waals surface area contributed by atoms with E-state index in [9.17, 15) is 13.6 Å². The van der Waals surface area contributed by atoms with E-state index in [0.29, 0.717) is 5.69 Å². The molecule has 3 unspecified atom stereocenters. The van der Waals surface area contributed by atoms with Crippen molar-refractivity contribution in [2.75, 3.05) is 5.32 Å². The monoisotopic (exact) mass is 420 g/mol. The molecule has 31 heavy (non-hydrogen) atoms. The maximum atomic E-state index is 14.7. The first-order valence-corrected chi connectivity index (χ1v) is 10.4. The van der Waals surface area contributed by atoms with Crippen molar-refractivity contribution >= 4 is 11.6 Å². The summed E-state index contributed by atoms with van der Waals surface area (Å²) in [6, 6.07) is 14.3. The molecule has 2 bridgehead atoms. The van der Waals surface area contributed by atoms with Gasteiger partial charge in [0.1, 0.15) is 11.6 Å². The van der Waals surface area contributed by atoms with Crippen LogP contribution in [0.25, 0.3) is 11.1 Å². The van der Waals surface area contributed by atoms with Gasteiger partial charge in [0.05, 0.1) is 18.1 Å². The number of benzene rings is 2. The largest absolute Gasteiger partial charge is 0.373 e. The van der Waals surface area contributed by atoms with Gasteiger partial charge in [-0.25, -0.2) is 8.78 Å². The molecule has 0 saturated carbocycles. The Balaban J connectivity index is 1.39. The van der Waals surface area contributed by atoms with Gasteiger partial charge in [0.25, 0.3) is 0 Å². The maximum absolute atomic E-state index is 14.7. The fraction of sp³-hybridized carbons (Fsp3) is 0.280. The number of hydrogen-bond donors (Lipinski definition) is 1. The van der Waals surface area contributed by atoms with Crippen molar-refractivity contribution in [3.05, 3.63) is 83.7 Å². The first-order chi connectivity index (χ1) is 15.0. The van der Waals surface area contributed by atoms with Gasteiger partial charge in [-0.1, -0.05) is 18.2 Å². The first-order valence-electron chi connectivity index (χ1n) is 10.4. The maximum Gasteiger partial charge on any atom is 0.230 e. The van der Waals surface area contributed by atoms with E-state index in [1.165, 1.54) is 24.3 Å². The molecular weight excluding hydrogens is 398 g/mol. The van der Waals surface area contributed by atoms with Crippen LogP contribution in [-0.2, 0) is 9.53 Å². The Bertz CT molecular complexity index is 1150. The lowest BCUT2D eigenvalue weighted by atomic mass is 9.76. The molecular formula is C25H22F2N2O2. The van der Waals surface area contributed by atoms with Crippen molar-refractivity contribution in [2.24, 2.45) is 5.92 Å². The summed E-state index contributed by atoms with van der Waals surface area (Å²) >= 11 is 0. The van der Waals surface area contributed by atoms with Gasteiger partial charge in [-0.3, -0.25) is 9.78 Å². The van der Waals surface area contributed by atoms with Crippen LogP contribution < -0.4 is 5.32 Å². The normalized spacial score (nSPS) is 24.4. The van der Waals surface area contributed by atoms with Crippen LogP contribution in [0.15, 0.2) is 60.8 Å². The predicted molar refractivity (Wildman–Crippen MR) is 114 cm³/mol. The number of amides is 1. The Morgan fingerprint density at radius 2 is 1.77 bits per heavy atom. The number of aryl methyl sites for hydroxylation is 1. The molecule has 2 aliphatic heterocycles. The number of pyridine rings is 1. The average Bonchev–Trinajstić information content (AvgIpc) is 3.36. The highest BCUT2D eigenvalue weighted by molar-refractivity contribution is 5.94. The van der Waals surface area contributed by atoms with Crippen molar-refractivity contribution in [3.63, 3.8) is 0 Å². The predicted octanol–water partition coefficient (Wildman–Crippen LogP) is 5.23. The summed E-state index contributed by atoms with van der Waals surface area (Å²) in [4.78, 5) is 17.7. The van der Waals surface area contributed by atoms with E-state index in [1.54, 1.807) is 24.4 Å². The molecule has 0 aliphatic carbocycles. The third kappa shape index (κ3) is 3.61. The van der Waals surface area contributed by atoms with Crippen LogP contribution in [0.2, 0.25) is 0 Å². The molecule has 6 heteroatoms. The minimum Gasteiger partial charge on any atom is -0.373 e. The molecule has 4 nitrogen and oxygen atoms in total. The molecule has 2 aromatic carbocycles. The standard InChI is InChI=1S/C25H22F2N2O2/c1-14-10-11-28-20(12-14)23-21-8-9-22(31-21)24(23)25(30)29-15-6-7-17(19(27)13-15)16-4-2-3-5-18(16)26/h2-7,10-13,21-24H,8-9H2,1H3,(H,29,30)/t21?,22?,23-,24?/m1/s1. The van der Waals surface area contributed by atoms with Crippen molar-refractivity contribution in [2.45, 2.75) is 37.9 Å². The van der Waals surface area contributed by atoms with Gasteiger partial charge in [0.2, 0.25) is 5.91 Å². The zero-order valence-electron chi connectivity index (χ0n) is 17.0. The fourth-order valence-electron chi connectivity index (χ4n) is 4.84. The highest BCUT2D eigenvalue weighted by atomic mass is 19.1. The molecule has 5 rings (SSSR count). The summed E-state index contributed by atoms with van der Waals surface area (Å²) in [6.07, 6.45) is 3.28. The lowest BCUT2D eigenvalue weighted by Crippen LogP contribution is -2.36. The number of anilines is 1. The highest BCUT2D eigenvalue weighted by Crippen LogP contribution is 2.48. The van der Waals surface area contributed by atoms with E-state index in [1.807, 2.05) is 19.1 Å². The molecule has 1 N–H and O–H groups in total. The van der Waals surface area contributed by atoms with Crippen molar-refractivity contribution in [1.29, 1.82) is 0 Å². The molecule has 2 saturated heterocycles. The molecule has 2 fully saturated rings. The molecule has 1 aromatic heterocycles. The number of aromatic nitrogens is 1. The number of nitrogens with one attached hydrogen (secondary N) is 1. The average molecular weight is 420 g/mol. The second-order valence-electron chi connectivity index (χ2n) is 8.26. The minimum atomic E-state index is -0.594. The molecule has 3 aromatic rings. The lowest BCUT2D eigenvalue weighted by molar-refractivity contribution is -0.121. The first kappa shape index (κ1) is 19.8. The molecule has 1 amide bonds. The van der Waals surface area contributed by atoms with Crippen LogP contribution in [0.1, 0.15) is 30.0 Å². The summed E-state index contributed by atoms with van der Waals surface area (Å²) in [6.45, 7) is 1.99. The van der Waals surface area contributed by atoms with Gasteiger partial charge < -0.3 is 10.1 Å². The Kier molecular flexibility index (Phi) is 5.02. The third-order valence-electron chi connectivity index (χ3n) is 6.25. The molecule has 0 radical (unpaired) electrons. The number of rotatable bonds is 4. The quantitative estimate of drug-likeness (QED) is 0.628. The number of carbonyl (C=O) groups excluding carboxylic acids is 1. The van der Waals surface area contributed by atoms with Gasteiger partial charge >= 0.3 is 0 Å². The molecule has 158 valence electrons. The second-order valence-corrected chi connectivity index (χ2v) is 8.26. The third-order valence-corrected chi connectivity index (χ3v) is 6.25. The van der Waals surface area contributed by atoms with Gasteiger partial charge in [0, 0.05) is 34.6 Å². The molecule has 2 aliphatic rings. The van der Waals surface area contributed by atoms with E-state index in [2.05, 4.69) is 10.3 Å². The number of ether oxygens (including phenoxy) is 1. The van der Waals surface area contributed by atoms with Crippen LogP contribution in [0.4, 0.5) is 14.5 Å². The van der Waals surface area contributed by atoms with Gasteiger partial charge in [0.15, 0.2) is 0 Å². The lowest BCUT2D eigenvalue weighted by Gasteiger charge is -2.27. The van der Waals surface area contributed by atoms with E-state index in [0.717, 1.165) is 24.1 Å². The van der Waals surface area contributed by atoms with E-state index in [4.69, 9.17) is 4.74 Å². The van der Waals surface area contributed by atoms with Crippen LogP contribution in [0, 0.1) is 24.5 Å². The number of carbonyl (C=O) groups is 1. The minimum absolute atomic E-state index is 0.0322. The number of hydrogen-bond acceptors (Lipinski definition) is 3. The highest BCUT2D eigenvalue weighted by Gasteiger charge is 2.53. The van der Waals surface area contributed by atoms with E-state index >= 15 is 0 Å². The van der Waals surface area contributed by atoms with Crippen LogP contribution in [-0.4, -0.2) is 23.1 Å². The van der Waals surface area contributed by atoms with Crippen molar-refractivity contribution in [1.82, 2.24) is 4.98 Å². The molecule has 3 heterocycles. The SMILES string of the molecule is Cc1ccnc([C@@H]2C3CCC(O3)C2C(=O)Nc2ccc(-c3ccccc3F)c(F)c2)c1. The summed E-state index contributed by atoms with van der Waals surface area (Å²) in [5.41, 5.74) is 2.61. The van der Waals surface area contributed by atoms with E-state index < -0.39 is 11.6 Å². The Morgan fingerprint density at radius 1 is 1.00 bits per heavy atom. The van der Waals surface area contributed by atoms with Gasteiger partial charge in [-0.2, -0.15) is 0 Å². The van der Waals surface area contributed by atoms with Crippen LogP contribution in [0.5, 0.6) is 0 Å². The van der Waals surface area contributed by atoms with Gasteiger partial charge in [-0.15, -0.1) is 0 Å². The summed E-state index contributed by atoms with van der Waals surface area (Å²) < 4.78 is 34.8. The van der Waals surface area contributed by atoms with Crippen molar-refractivity contribution < 1.29 is 18.3 Å². The fourth-order valence-corrected chi connectivity index (χ4v) is 4.84. The second kappa shape index (κ2) is 7.85. The number of nitrogens with zero attached hydrogens (tertiary/aromatic N) is 1. The number of halogens is 2. The zero-order valence-corrected chi connectivity index (χ0v) is 17.0. The summed E-state index contributed by atoms with van der Waals surface area (Å²) in [5.74, 6) is -1.81. The van der Waals surface area contributed by atoms with Crippen molar-refractivity contribution in [3.8, 4) is 11.1 Å². The Labute approximate surface area is 179 Å². The van der Waals surface area contributed by atoms with Gasteiger partial charge in [-0.05, 0) is 61.7 Å². The molecule has 0 spiro atoms. The van der Waals surface area contributed by atoms with Crippen LogP contribution >= 0.6 is 0 Å². The topological polar surface area (TPSA) is 51.2 Å².